The summed E-state index contributed by atoms with van der Waals surface area (Å²) in [6.07, 6.45) is 2.62. The predicted octanol–water partition coefficient (Wildman–Crippen LogP) is 3.72. The van der Waals surface area contributed by atoms with E-state index in [1.165, 1.54) is 12.1 Å². The highest BCUT2D eigenvalue weighted by molar-refractivity contribution is 5.93. The number of carbonyl (C=O) groups is 1. The highest BCUT2D eigenvalue weighted by Gasteiger charge is 2.36. The molecule has 1 aliphatic heterocycles. The summed E-state index contributed by atoms with van der Waals surface area (Å²) in [6, 6.07) is 13.3. The molecule has 0 spiro atoms. The Bertz CT molecular complexity index is 1180. The first-order valence-electron chi connectivity index (χ1n) is 10.2. The van der Waals surface area contributed by atoms with Crippen LogP contribution in [0.2, 0.25) is 0 Å². The smallest absolute Gasteiger partial charge is 0.249 e. The van der Waals surface area contributed by atoms with Crippen molar-refractivity contribution in [1.82, 2.24) is 14.7 Å². The average molecular weight is 418 g/mol. The molecule has 7 heteroatoms. The Morgan fingerprint density at radius 1 is 1.32 bits per heavy atom. The zero-order valence-corrected chi connectivity index (χ0v) is 17.0. The molecule has 0 unspecified atom stereocenters. The lowest BCUT2D eigenvalue weighted by Gasteiger charge is -2.25. The van der Waals surface area contributed by atoms with Crippen LogP contribution in [-0.4, -0.2) is 38.3 Å². The van der Waals surface area contributed by atoms with Crippen molar-refractivity contribution in [1.29, 1.82) is 5.26 Å². The van der Waals surface area contributed by atoms with E-state index in [9.17, 15) is 14.3 Å². The van der Waals surface area contributed by atoms with E-state index < -0.39 is 6.10 Å². The highest BCUT2D eigenvalue weighted by Crippen LogP contribution is 2.34. The Kier molecular flexibility index (Phi) is 5.83. The summed E-state index contributed by atoms with van der Waals surface area (Å²) in [4.78, 5) is 14.6. The van der Waals surface area contributed by atoms with E-state index in [0.717, 1.165) is 10.9 Å². The number of nitriles is 1. The lowest BCUT2D eigenvalue weighted by atomic mass is 10.0. The van der Waals surface area contributed by atoms with Crippen LogP contribution in [0.1, 0.15) is 36.4 Å². The van der Waals surface area contributed by atoms with Crippen LogP contribution in [0.15, 0.2) is 60.8 Å². The number of aromatic nitrogens is 2. The standard InChI is InChI=1S/C24H23FN4O2/c1-16(4-3-9-29-22-8-7-17(13-26)10-19(22)14-27-29)24(31)28-15-21(30)12-23(28)18-5-2-6-20(25)11-18/h2,5-8,10-11,14,21,23,30H,1,3-4,9,12,15H2/t21-,23-/m0/s1. The number of likely N-dealkylation sites (tertiary alicyclic amines) is 1. The lowest BCUT2D eigenvalue weighted by molar-refractivity contribution is -0.128. The van der Waals surface area contributed by atoms with E-state index in [-0.39, 0.29) is 24.3 Å². The van der Waals surface area contributed by atoms with Gasteiger partial charge < -0.3 is 10.0 Å². The van der Waals surface area contributed by atoms with E-state index in [4.69, 9.17) is 5.26 Å². The number of carbonyl (C=O) groups excluding carboxylic acids is 1. The lowest BCUT2D eigenvalue weighted by Crippen LogP contribution is -2.32. The topological polar surface area (TPSA) is 82.2 Å². The van der Waals surface area contributed by atoms with Crippen molar-refractivity contribution in [3.8, 4) is 6.07 Å². The summed E-state index contributed by atoms with van der Waals surface area (Å²) >= 11 is 0. The molecule has 158 valence electrons. The molecule has 0 bridgehead atoms. The van der Waals surface area contributed by atoms with Gasteiger partial charge in [-0.3, -0.25) is 9.48 Å². The molecule has 1 aromatic heterocycles. The average Bonchev–Trinajstić information content (AvgIpc) is 3.36. The SMILES string of the molecule is C=C(CCCn1ncc2cc(C#N)ccc21)C(=O)N1C[C@@H](O)C[C@H]1c1cccc(F)c1. The van der Waals surface area contributed by atoms with Crippen LogP contribution in [0.5, 0.6) is 0 Å². The maximum absolute atomic E-state index is 13.7. The van der Waals surface area contributed by atoms with Gasteiger partial charge in [0.2, 0.25) is 5.91 Å². The number of nitrogens with zero attached hydrogens (tertiary/aromatic N) is 4. The minimum atomic E-state index is -0.640. The molecule has 2 heterocycles. The van der Waals surface area contributed by atoms with Gasteiger partial charge in [0.05, 0.1) is 35.5 Å². The second kappa shape index (κ2) is 8.70. The zero-order valence-electron chi connectivity index (χ0n) is 17.0. The summed E-state index contributed by atoms with van der Waals surface area (Å²) in [5.41, 5.74) is 2.66. The Morgan fingerprint density at radius 3 is 2.94 bits per heavy atom. The fourth-order valence-electron chi connectivity index (χ4n) is 4.16. The number of rotatable bonds is 6. The van der Waals surface area contributed by atoms with Crippen molar-refractivity contribution in [2.24, 2.45) is 0 Å². The molecule has 0 radical (unpaired) electrons. The summed E-state index contributed by atoms with van der Waals surface area (Å²) in [5.74, 6) is -0.576. The van der Waals surface area contributed by atoms with Crippen LogP contribution in [0.3, 0.4) is 0 Å². The Hall–Kier alpha value is -3.50. The molecule has 6 nitrogen and oxygen atoms in total. The van der Waals surface area contributed by atoms with Gasteiger partial charge in [0.1, 0.15) is 5.82 Å². The molecule has 1 aliphatic rings. The largest absolute Gasteiger partial charge is 0.391 e. The summed E-state index contributed by atoms with van der Waals surface area (Å²) in [7, 11) is 0. The van der Waals surface area contributed by atoms with E-state index >= 15 is 0 Å². The first-order valence-corrected chi connectivity index (χ1v) is 10.2. The molecule has 1 fully saturated rings. The Morgan fingerprint density at radius 2 is 2.16 bits per heavy atom. The number of hydrogen-bond donors (Lipinski definition) is 1. The van der Waals surface area contributed by atoms with E-state index in [1.807, 2.05) is 10.7 Å². The van der Waals surface area contributed by atoms with Crippen molar-refractivity contribution < 1.29 is 14.3 Å². The van der Waals surface area contributed by atoms with Crippen LogP contribution in [0, 0.1) is 17.1 Å². The summed E-state index contributed by atoms with van der Waals surface area (Å²) < 4.78 is 15.5. The summed E-state index contributed by atoms with van der Waals surface area (Å²) in [5, 5.41) is 24.4. The third kappa shape index (κ3) is 4.35. The van der Waals surface area contributed by atoms with Crippen molar-refractivity contribution in [3.05, 3.63) is 77.8 Å². The molecular formula is C24H23FN4O2. The van der Waals surface area contributed by atoms with Gasteiger partial charge in [-0.05, 0) is 55.2 Å². The van der Waals surface area contributed by atoms with Crippen LogP contribution in [-0.2, 0) is 11.3 Å². The monoisotopic (exact) mass is 418 g/mol. The number of amides is 1. The number of hydrogen-bond acceptors (Lipinski definition) is 4. The van der Waals surface area contributed by atoms with Gasteiger partial charge in [-0.15, -0.1) is 0 Å². The minimum absolute atomic E-state index is 0.212. The van der Waals surface area contributed by atoms with Gasteiger partial charge in [0.15, 0.2) is 0 Å². The Balaban J connectivity index is 1.39. The molecule has 1 N–H and O–H groups in total. The molecule has 1 saturated heterocycles. The van der Waals surface area contributed by atoms with Gasteiger partial charge in [-0.1, -0.05) is 18.7 Å². The number of aliphatic hydroxyl groups is 1. The van der Waals surface area contributed by atoms with Crippen LogP contribution >= 0.6 is 0 Å². The molecule has 1 amide bonds. The third-order valence-electron chi connectivity index (χ3n) is 5.70. The van der Waals surface area contributed by atoms with Crippen LogP contribution < -0.4 is 0 Å². The second-order valence-corrected chi connectivity index (χ2v) is 7.88. The fourth-order valence-corrected chi connectivity index (χ4v) is 4.16. The number of fused-ring (bicyclic) bond motifs is 1. The summed E-state index contributed by atoms with van der Waals surface area (Å²) in [6.45, 7) is 4.78. The first kappa shape index (κ1) is 20.8. The molecule has 0 saturated carbocycles. The van der Waals surface area contributed by atoms with Crippen molar-refractivity contribution >= 4 is 16.8 Å². The maximum atomic E-state index is 13.7. The van der Waals surface area contributed by atoms with Crippen molar-refractivity contribution in [2.75, 3.05) is 6.54 Å². The molecular weight excluding hydrogens is 395 g/mol. The zero-order chi connectivity index (χ0) is 22.0. The Labute approximate surface area is 179 Å². The van der Waals surface area contributed by atoms with Gasteiger partial charge in [-0.2, -0.15) is 10.4 Å². The number of aryl methyl sites for hydroxylation is 1. The fraction of sp³-hybridized carbons (Fsp3) is 0.292. The van der Waals surface area contributed by atoms with Crippen LogP contribution in [0.4, 0.5) is 4.39 Å². The molecule has 2 aromatic carbocycles. The normalized spacial score (nSPS) is 18.3. The van der Waals surface area contributed by atoms with E-state index in [0.29, 0.717) is 42.5 Å². The predicted molar refractivity (Wildman–Crippen MR) is 114 cm³/mol. The molecule has 0 aliphatic carbocycles. The van der Waals surface area contributed by atoms with Gasteiger partial charge >= 0.3 is 0 Å². The van der Waals surface area contributed by atoms with E-state index in [2.05, 4.69) is 17.7 Å². The van der Waals surface area contributed by atoms with Gasteiger partial charge in [0, 0.05) is 24.0 Å². The third-order valence-corrected chi connectivity index (χ3v) is 5.70. The first-order chi connectivity index (χ1) is 15.0. The molecule has 31 heavy (non-hydrogen) atoms. The van der Waals surface area contributed by atoms with Crippen molar-refractivity contribution in [2.45, 2.75) is 38.0 Å². The van der Waals surface area contributed by atoms with E-state index in [1.54, 1.807) is 35.4 Å². The van der Waals surface area contributed by atoms with Crippen molar-refractivity contribution in [3.63, 3.8) is 0 Å². The molecule has 4 rings (SSSR count). The molecule has 3 aromatic rings. The minimum Gasteiger partial charge on any atom is -0.391 e. The van der Waals surface area contributed by atoms with Gasteiger partial charge in [0.25, 0.3) is 0 Å². The highest BCUT2D eigenvalue weighted by atomic mass is 19.1. The number of β-amino-alcohol motifs (C(OH)–C–C–N with tert-alkyl or cyclic N) is 1. The quantitative estimate of drug-likeness (QED) is 0.619. The number of aliphatic hydroxyl groups excluding tert-OH is 1. The number of benzene rings is 2. The van der Waals surface area contributed by atoms with Gasteiger partial charge in [-0.25, -0.2) is 4.39 Å². The maximum Gasteiger partial charge on any atom is 0.249 e. The number of halogens is 1. The molecule has 2 atom stereocenters. The van der Waals surface area contributed by atoms with Crippen LogP contribution in [0.25, 0.3) is 10.9 Å². The second-order valence-electron chi connectivity index (χ2n) is 7.88.